The summed E-state index contributed by atoms with van der Waals surface area (Å²) in [5.41, 5.74) is 7.15. The van der Waals surface area contributed by atoms with E-state index < -0.39 is 114 Å². The number of para-hydroxylation sites is 1. The molecule has 2 aromatic rings. The number of aromatic nitrogens is 1. The fraction of sp³-hybridized carbons (Fsp3) is 0.605. The van der Waals surface area contributed by atoms with Crippen molar-refractivity contribution in [2.45, 2.75) is 128 Å². The van der Waals surface area contributed by atoms with Crippen LogP contribution in [0.3, 0.4) is 0 Å². The van der Waals surface area contributed by atoms with Crippen molar-refractivity contribution in [3.63, 3.8) is 0 Å². The van der Waals surface area contributed by atoms with Gasteiger partial charge in [-0.1, -0.05) is 45.9 Å². The molecule has 0 unspecified atom stereocenters. The highest BCUT2D eigenvalue weighted by Gasteiger charge is 2.39. The third kappa shape index (κ3) is 16.2. The van der Waals surface area contributed by atoms with Crippen LogP contribution in [0.25, 0.3) is 10.9 Å². The summed E-state index contributed by atoms with van der Waals surface area (Å²) in [5, 5.41) is 38.6. The van der Waals surface area contributed by atoms with E-state index in [0.29, 0.717) is 12.0 Å². The number of carbonyl (C=O) groups is 9. The van der Waals surface area contributed by atoms with Gasteiger partial charge in [0.15, 0.2) is 0 Å². The molecule has 8 amide bonds. The van der Waals surface area contributed by atoms with Crippen LogP contribution in [-0.2, 0) is 49.6 Å². The molecule has 1 aromatic carbocycles. The van der Waals surface area contributed by atoms with Crippen molar-refractivity contribution in [1.82, 2.24) is 47.1 Å². The Morgan fingerprint density at radius 3 is 1.91 bits per heavy atom. The third-order valence-electron chi connectivity index (χ3n) is 10.8. The van der Waals surface area contributed by atoms with E-state index in [2.05, 4.69) is 67.5 Å². The number of fused-ring (bicyclic) bond motifs is 1. The summed E-state index contributed by atoms with van der Waals surface area (Å²) in [6.45, 7) is 9.59. The van der Waals surface area contributed by atoms with E-state index in [9.17, 15) is 53.4 Å². The predicted molar refractivity (Wildman–Crippen MR) is 251 cm³/mol. The van der Waals surface area contributed by atoms with Crippen LogP contribution in [0.1, 0.15) is 72.8 Å². The standard InChI is InChI=1S/C43H66N10O11S2/c1-21(2)14-29(49-40(60)30(15-22(3)4)48-37(57)27(44)19-65)38(58)46-18-34(55)53-13-9-12-33(53)41(61)52-35(24(6)54)42(62)50-31(16-25-17-45-28-11-8-7-10-26(25)28)39(59)47-23(5)36(56)51-32(20-66)43(63)64/h7-8,10-11,17,21-24,27,29-33,35,45,54,65-66H,9,12-16,18-20,44H2,1-6H3,(H,46,58)(H,47,59)(H,48,57)(H,49,60)(H,50,62)(H,51,56)(H,52,61)(H,63,64)/t23-,24+,27-,29-,30-,31-,32-,33-,35-/m0/s1. The number of thiol groups is 2. The topological polar surface area (TPSA) is 323 Å². The maximum Gasteiger partial charge on any atom is 0.327 e. The SMILES string of the molecule is CC(C)C[C@H](NC(=O)[C@H](CC(C)C)NC(=O)[C@@H](N)CS)C(=O)NCC(=O)N1CCC[C@H]1C(=O)N[C@H](C(=O)N[C@@H](Cc1c[nH]c2ccccc12)C(=O)N[C@@H](C)C(=O)N[C@@H](CS)C(=O)O)[C@@H](C)O. The second-order valence-corrected chi connectivity index (χ2v) is 18.0. The summed E-state index contributed by atoms with van der Waals surface area (Å²) >= 11 is 7.99. The van der Waals surface area contributed by atoms with Gasteiger partial charge in [0.25, 0.3) is 0 Å². The maximum atomic E-state index is 13.9. The highest BCUT2D eigenvalue weighted by Crippen LogP contribution is 2.21. The Bertz CT molecular complexity index is 2050. The van der Waals surface area contributed by atoms with Crippen molar-refractivity contribution in [1.29, 1.82) is 0 Å². The zero-order chi connectivity index (χ0) is 49.4. The molecular weight excluding hydrogens is 897 g/mol. The molecule has 0 aliphatic carbocycles. The van der Waals surface area contributed by atoms with Crippen LogP contribution < -0.4 is 43.0 Å². The van der Waals surface area contributed by atoms with Gasteiger partial charge in [0.1, 0.15) is 42.3 Å². The monoisotopic (exact) mass is 962 g/mol. The second kappa shape index (κ2) is 26.1. The number of aromatic amines is 1. The number of carboxylic acid groups (broad SMARTS) is 1. The van der Waals surface area contributed by atoms with Crippen LogP contribution in [0, 0.1) is 11.8 Å². The molecule has 366 valence electrons. The molecule has 9 atom stereocenters. The number of carbonyl (C=O) groups excluding carboxylic acids is 8. The summed E-state index contributed by atoms with van der Waals surface area (Å²) in [4.78, 5) is 123. The van der Waals surface area contributed by atoms with Crippen molar-refractivity contribution in [3.8, 4) is 0 Å². The van der Waals surface area contributed by atoms with Gasteiger partial charge in [-0.15, -0.1) is 0 Å². The van der Waals surface area contributed by atoms with Crippen molar-refractivity contribution in [3.05, 3.63) is 36.0 Å². The molecule has 0 radical (unpaired) electrons. The highest BCUT2D eigenvalue weighted by atomic mass is 32.1. The fourth-order valence-corrected chi connectivity index (χ4v) is 7.69. The number of aliphatic carboxylic acids is 1. The lowest BCUT2D eigenvalue weighted by Crippen LogP contribution is -2.61. The first kappa shape index (κ1) is 54.9. The van der Waals surface area contributed by atoms with Crippen molar-refractivity contribution in [2.75, 3.05) is 24.6 Å². The molecule has 0 bridgehead atoms. The Hall–Kier alpha value is -5.39. The fourth-order valence-electron chi connectivity index (χ4n) is 7.27. The lowest BCUT2D eigenvalue weighted by atomic mass is 10.00. The molecule has 3 rings (SSSR count). The number of benzene rings is 1. The number of carboxylic acids is 1. The molecule has 0 saturated carbocycles. The van der Waals surface area contributed by atoms with Crippen LogP contribution in [0.4, 0.5) is 0 Å². The van der Waals surface area contributed by atoms with Crippen molar-refractivity contribution < 1.29 is 53.4 Å². The highest BCUT2D eigenvalue weighted by molar-refractivity contribution is 7.80. The van der Waals surface area contributed by atoms with Crippen LogP contribution >= 0.6 is 25.3 Å². The largest absolute Gasteiger partial charge is 0.480 e. The number of amides is 8. The molecule has 1 aromatic heterocycles. The van der Waals surface area contributed by atoms with E-state index in [1.807, 2.05) is 33.8 Å². The number of likely N-dealkylation sites (tertiary alicyclic amines) is 1. The van der Waals surface area contributed by atoms with Gasteiger partial charge in [-0.25, -0.2) is 4.79 Å². The van der Waals surface area contributed by atoms with Gasteiger partial charge in [0.2, 0.25) is 47.3 Å². The molecule has 1 fully saturated rings. The number of nitrogens with two attached hydrogens (primary N) is 1. The number of nitrogens with one attached hydrogen (secondary N) is 8. The first-order chi connectivity index (χ1) is 31.1. The summed E-state index contributed by atoms with van der Waals surface area (Å²) < 4.78 is 0. The van der Waals surface area contributed by atoms with Gasteiger partial charge in [-0.05, 0) is 63.0 Å². The summed E-state index contributed by atoms with van der Waals surface area (Å²) in [6.07, 6.45) is 1.08. The van der Waals surface area contributed by atoms with Gasteiger partial charge >= 0.3 is 5.97 Å². The number of aliphatic hydroxyl groups excluding tert-OH is 1. The van der Waals surface area contributed by atoms with Gasteiger partial charge in [0.05, 0.1) is 18.7 Å². The summed E-state index contributed by atoms with van der Waals surface area (Å²) in [5.74, 6) is -7.43. The number of hydrogen-bond acceptors (Lipinski definition) is 13. The van der Waals surface area contributed by atoms with E-state index in [1.54, 1.807) is 24.4 Å². The predicted octanol–water partition coefficient (Wildman–Crippen LogP) is -1.51. The number of hydrogen-bond donors (Lipinski definition) is 13. The van der Waals surface area contributed by atoms with E-state index in [0.717, 1.165) is 10.9 Å². The van der Waals surface area contributed by atoms with Crippen molar-refractivity contribution >= 4 is 89.4 Å². The van der Waals surface area contributed by atoms with Crippen LogP contribution in [0.5, 0.6) is 0 Å². The zero-order valence-corrected chi connectivity index (χ0v) is 39.9. The average molecular weight is 963 g/mol. The molecule has 0 spiro atoms. The Labute approximate surface area is 394 Å². The summed E-state index contributed by atoms with van der Waals surface area (Å²) in [6, 6.07) is -2.52. The lowest BCUT2D eigenvalue weighted by Gasteiger charge is -2.29. The summed E-state index contributed by atoms with van der Waals surface area (Å²) in [7, 11) is 0. The average Bonchev–Trinajstić information content (AvgIpc) is 3.92. The molecular formula is C43H66N10O11S2. The number of nitrogens with zero attached hydrogens (tertiary/aromatic N) is 1. The molecule has 2 heterocycles. The Morgan fingerprint density at radius 1 is 0.742 bits per heavy atom. The van der Waals surface area contributed by atoms with Crippen LogP contribution in [-0.4, -0.2) is 152 Å². The van der Waals surface area contributed by atoms with E-state index >= 15 is 0 Å². The van der Waals surface area contributed by atoms with Crippen molar-refractivity contribution in [2.24, 2.45) is 17.6 Å². The number of H-pyrrole nitrogens is 1. The molecule has 12 N–H and O–H groups in total. The van der Waals surface area contributed by atoms with Crippen LogP contribution in [0.2, 0.25) is 0 Å². The van der Waals surface area contributed by atoms with Gasteiger partial charge in [-0.3, -0.25) is 38.4 Å². The smallest absolute Gasteiger partial charge is 0.327 e. The van der Waals surface area contributed by atoms with E-state index in [1.165, 1.54) is 18.7 Å². The Balaban J connectivity index is 1.74. The molecule has 23 heteroatoms. The normalized spacial score (nSPS) is 17.3. The molecule has 21 nitrogen and oxygen atoms in total. The number of aliphatic hydroxyl groups is 1. The number of rotatable bonds is 25. The molecule has 1 saturated heterocycles. The first-order valence-electron chi connectivity index (χ1n) is 21.9. The minimum atomic E-state index is -1.63. The zero-order valence-electron chi connectivity index (χ0n) is 38.1. The molecule has 1 aliphatic heterocycles. The Morgan fingerprint density at radius 2 is 1.32 bits per heavy atom. The quantitative estimate of drug-likeness (QED) is 0.0506. The molecule has 66 heavy (non-hydrogen) atoms. The lowest BCUT2D eigenvalue weighted by molar-refractivity contribution is -0.141. The Kier molecular flexibility index (Phi) is 21.7. The molecule has 1 aliphatic rings. The third-order valence-corrected chi connectivity index (χ3v) is 11.6. The van der Waals surface area contributed by atoms with E-state index in [4.69, 9.17) is 5.73 Å². The van der Waals surface area contributed by atoms with Gasteiger partial charge in [-0.2, -0.15) is 25.3 Å². The maximum absolute atomic E-state index is 13.9. The minimum Gasteiger partial charge on any atom is -0.480 e. The van der Waals surface area contributed by atoms with Gasteiger partial charge in [0, 0.05) is 41.6 Å². The second-order valence-electron chi connectivity index (χ2n) is 17.3. The minimum absolute atomic E-state index is 0.00495. The van der Waals surface area contributed by atoms with Gasteiger partial charge < -0.3 is 63.0 Å². The first-order valence-corrected chi connectivity index (χ1v) is 23.2. The van der Waals surface area contributed by atoms with E-state index in [-0.39, 0.29) is 55.6 Å². The van der Waals surface area contributed by atoms with Crippen LogP contribution in [0.15, 0.2) is 30.5 Å².